The standard InChI is InChI=1S/C8H12FN3O/c1-5-7(9)8(10)12-6(11-5)3-4-13-2/h3-4H2,1-2H3,(H2,10,11,12). The van der Waals surface area contributed by atoms with Crippen LogP contribution < -0.4 is 5.73 Å². The lowest BCUT2D eigenvalue weighted by Gasteiger charge is -2.03. The predicted molar refractivity (Wildman–Crippen MR) is 46.7 cm³/mol. The topological polar surface area (TPSA) is 61.0 Å². The number of ether oxygens (including phenoxy) is 1. The Morgan fingerprint density at radius 3 is 2.69 bits per heavy atom. The zero-order valence-corrected chi connectivity index (χ0v) is 7.67. The van der Waals surface area contributed by atoms with Gasteiger partial charge in [0.15, 0.2) is 11.6 Å². The van der Waals surface area contributed by atoms with Crippen molar-refractivity contribution >= 4 is 5.82 Å². The van der Waals surface area contributed by atoms with Crippen molar-refractivity contribution in [2.24, 2.45) is 0 Å². The Hall–Kier alpha value is -1.23. The van der Waals surface area contributed by atoms with E-state index < -0.39 is 5.82 Å². The molecule has 0 saturated heterocycles. The molecule has 0 radical (unpaired) electrons. The monoisotopic (exact) mass is 185 g/mol. The molecule has 1 heterocycles. The van der Waals surface area contributed by atoms with Crippen molar-refractivity contribution in [2.75, 3.05) is 19.5 Å². The fourth-order valence-corrected chi connectivity index (χ4v) is 0.946. The van der Waals surface area contributed by atoms with E-state index in [9.17, 15) is 4.39 Å². The van der Waals surface area contributed by atoms with Crippen LogP contribution >= 0.6 is 0 Å². The zero-order chi connectivity index (χ0) is 9.84. The van der Waals surface area contributed by atoms with E-state index in [2.05, 4.69) is 9.97 Å². The fourth-order valence-electron chi connectivity index (χ4n) is 0.946. The van der Waals surface area contributed by atoms with Crippen molar-refractivity contribution in [2.45, 2.75) is 13.3 Å². The minimum absolute atomic E-state index is 0.0985. The van der Waals surface area contributed by atoms with Crippen molar-refractivity contribution in [1.29, 1.82) is 0 Å². The van der Waals surface area contributed by atoms with E-state index in [-0.39, 0.29) is 11.5 Å². The van der Waals surface area contributed by atoms with Gasteiger partial charge in [0, 0.05) is 13.5 Å². The van der Waals surface area contributed by atoms with Gasteiger partial charge < -0.3 is 10.5 Å². The summed E-state index contributed by atoms with van der Waals surface area (Å²) in [4.78, 5) is 7.71. The number of aryl methyl sites for hydroxylation is 1. The largest absolute Gasteiger partial charge is 0.384 e. The summed E-state index contributed by atoms with van der Waals surface area (Å²) in [5.74, 6) is -0.127. The Kier molecular flexibility index (Phi) is 3.13. The quantitative estimate of drug-likeness (QED) is 0.752. The number of anilines is 1. The normalized spacial score (nSPS) is 10.4. The molecule has 0 fully saturated rings. The van der Waals surface area contributed by atoms with Crippen molar-refractivity contribution in [3.05, 3.63) is 17.3 Å². The first-order chi connectivity index (χ1) is 6.15. The van der Waals surface area contributed by atoms with Crippen molar-refractivity contribution in [3.8, 4) is 0 Å². The number of nitrogens with two attached hydrogens (primary N) is 1. The van der Waals surface area contributed by atoms with Gasteiger partial charge in [0.05, 0.1) is 12.3 Å². The maximum absolute atomic E-state index is 13.0. The first kappa shape index (κ1) is 9.85. The lowest BCUT2D eigenvalue weighted by Crippen LogP contribution is -2.07. The van der Waals surface area contributed by atoms with Gasteiger partial charge in [-0.15, -0.1) is 0 Å². The third-order valence-electron chi connectivity index (χ3n) is 1.62. The van der Waals surface area contributed by atoms with Crippen molar-refractivity contribution < 1.29 is 9.13 Å². The fraction of sp³-hybridized carbons (Fsp3) is 0.500. The second kappa shape index (κ2) is 4.13. The number of aromatic nitrogens is 2. The Morgan fingerprint density at radius 1 is 1.46 bits per heavy atom. The highest BCUT2D eigenvalue weighted by atomic mass is 19.1. The Morgan fingerprint density at radius 2 is 2.15 bits per heavy atom. The molecule has 1 aromatic heterocycles. The molecule has 4 nitrogen and oxygen atoms in total. The number of hydrogen-bond acceptors (Lipinski definition) is 4. The maximum Gasteiger partial charge on any atom is 0.186 e. The summed E-state index contributed by atoms with van der Waals surface area (Å²) in [6.07, 6.45) is 0.543. The van der Waals surface area contributed by atoms with Crippen LogP contribution in [0.15, 0.2) is 0 Å². The lowest BCUT2D eigenvalue weighted by atomic mass is 10.3. The van der Waals surface area contributed by atoms with E-state index in [1.807, 2.05) is 0 Å². The van der Waals surface area contributed by atoms with Crippen LogP contribution in [0.3, 0.4) is 0 Å². The van der Waals surface area contributed by atoms with Gasteiger partial charge in [-0.25, -0.2) is 14.4 Å². The van der Waals surface area contributed by atoms with Crippen LogP contribution in [-0.4, -0.2) is 23.7 Å². The lowest BCUT2D eigenvalue weighted by molar-refractivity contribution is 0.200. The van der Waals surface area contributed by atoms with E-state index in [0.717, 1.165) is 0 Å². The first-order valence-electron chi connectivity index (χ1n) is 3.92. The van der Waals surface area contributed by atoms with Crippen LogP contribution in [0, 0.1) is 12.7 Å². The van der Waals surface area contributed by atoms with E-state index in [1.54, 1.807) is 14.0 Å². The molecule has 1 aromatic rings. The summed E-state index contributed by atoms with van der Waals surface area (Å²) in [7, 11) is 1.58. The maximum atomic E-state index is 13.0. The predicted octanol–water partition coefficient (Wildman–Crippen LogP) is 0.695. The molecule has 2 N–H and O–H groups in total. The number of hydrogen-bond donors (Lipinski definition) is 1. The zero-order valence-electron chi connectivity index (χ0n) is 7.67. The average molecular weight is 185 g/mol. The molecule has 1 rings (SSSR count). The van der Waals surface area contributed by atoms with Gasteiger partial charge in [-0.1, -0.05) is 0 Å². The van der Waals surface area contributed by atoms with Crippen LogP contribution in [0.5, 0.6) is 0 Å². The molecule has 0 atom stereocenters. The molecule has 0 aliphatic carbocycles. The summed E-state index contributed by atoms with van der Waals surface area (Å²) < 4.78 is 17.8. The third kappa shape index (κ3) is 2.35. The SMILES string of the molecule is COCCc1nc(C)c(F)c(N)n1. The summed E-state index contributed by atoms with van der Waals surface area (Å²) in [5, 5.41) is 0. The molecule has 0 bridgehead atoms. The second-order valence-corrected chi connectivity index (χ2v) is 2.67. The third-order valence-corrected chi connectivity index (χ3v) is 1.62. The van der Waals surface area contributed by atoms with Crippen LogP contribution in [0.1, 0.15) is 11.5 Å². The molecule has 0 saturated carbocycles. The van der Waals surface area contributed by atoms with Gasteiger partial charge in [0.25, 0.3) is 0 Å². The van der Waals surface area contributed by atoms with E-state index in [1.165, 1.54) is 0 Å². The van der Waals surface area contributed by atoms with E-state index >= 15 is 0 Å². The highest BCUT2D eigenvalue weighted by molar-refractivity contribution is 5.31. The number of nitrogens with zero attached hydrogens (tertiary/aromatic N) is 2. The van der Waals surface area contributed by atoms with Gasteiger partial charge in [0.1, 0.15) is 5.82 Å². The highest BCUT2D eigenvalue weighted by Gasteiger charge is 2.07. The Balaban J connectivity index is 2.86. The number of nitrogen functional groups attached to an aromatic ring is 1. The van der Waals surface area contributed by atoms with Gasteiger partial charge in [-0.3, -0.25) is 0 Å². The summed E-state index contributed by atoms with van der Waals surface area (Å²) in [6, 6.07) is 0. The molecule has 0 aromatic carbocycles. The smallest absolute Gasteiger partial charge is 0.186 e. The molecule has 0 amide bonds. The molecule has 5 heteroatoms. The molecule has 72 valence electrons. The van der Waals surface area contributed by atoms with E-state index in [4.69, 9.17) is 10.5 Å². The van der Waals surface area contributed by atoms with Crippen LogP contribution in [0.4, 0.5) is 10.2 Å². The molecular formula is C8H12FN3O. The molecule has 0 unspecified atom stereocenters. The molecular weight excluding hydrogens is 173 g/mol. The van der Waals surface area contributed by atoms with Crippen LogP contribution in [0.2, 0.25) is 0 Å². The number of rotatable bonds is 3. The Bertz CT molecular complexity index is 280. The van der Waals surface area contributed by atoms with Crippen LogP contribution in [0.25, 0.3) is 0 Å². The molecule has 13 heavy (non-hydrogen) atoms. The molecule has 0 aliphatic rings. The average Bonchev–Trinajstić information content (AvgIpc) is 2.10. The minimum Gasteiger partial charge on any atom is -0.384 e. The van der Waals surface area contributed by atoms with Gasteiger partial charge in [0.2, 0.25) is 0 Å². The summed E-state index contributed by atoms with van der Waals surface area (Å²) in [6.45, 7) is 2.06. The highest BCUT2D eigenvalue weighted by Crippen LogP contribution is 2.09. The van der Waals surface area contributed by atoms with Crippen molar-refractivity contribution in [3.63, 3.8) is 0 Å². The number of methoxy groups -OCH3 is 1. The number of halogens is 1. The summed E-state index contributed by atoms with van der Waals surface area (Å²) >= 11 is 0. The van der Waals surface area contributed by atoms with Crippen molar-refractivity contribution in [1.82, 2.24) is 9.97 Å². The van der Waals surface area contributed by atoms with E-state index in [0.29, 0.717) is 18.9 Å². The van der Waals surface area contributed by atoms with Crippen LogP contribution in [-0.2, 0) is 11.2 Å². The van der Waals surface area contributed by atoms with Gasteiger partial charge in [-0.05, 0) is 6.92 Å². The second-order valence-electron chi connectivity index (χ2n) is 2.67. The van der Waals surface area contributed by atoms with Gasteiger partial charge >= 0.3 is 0 Å². The minimum atomic E-state index is -0.541. The molecule has 0 spiro atoms. The molecule has 0 aliphatic heterocycles. The first-order valence-corrected chi connectivity index (χ1v) is 3.92. The Labute approximate surface area is 75.9 Å². The van der Waals surface area contributed by atoms with Gasteiger partial charge in [-0.2, -0.15) is 0 Å². The summed E-state index contributed by atoms with van der Waals surface area (Å²) in [5.41, 5.74) is 5.60.